The Morgan fingerprint density at radius 1 is 0.833 bits per heavy atom. The van der Waals surface area contributed by atoms with E-state index in [9.17, 15) is 13.2 Å². The Morgan fingerprint density at radius 2 is 1.50 bits per heavy atom. The molecule has 3 aromatic carbocycles. The van der Waals surface area contributed by atoms with E-state index in [0.717, 1.165) is 43.0 Å². The number of benzene rings is 3. The molecule has 260 valence electrons. The number of rotatable bonds is 8. The summed E-state index contributed by atoms with van der Waals surface area (Å²) in [5.74, 6) is -0.363. The molecular formula is C34H41Cl3F3N7O. The number of aromatic nitrogens is 4. The Bertz CT molecular complexity index is 1550. The molecule has 0 bridgehead atoms. The van der Waals surface area contributed by atoms with Gasteiger partial charge in [0.2, 0.25) is 0 Å². The molecule has 2 saturated heterocycles. The van der Waals surface area contributed by atoms with Gasteiger partial charge in [-0.2, -0.15) is 17.9 Å². The van der Waals surface area contributed by atoms with Crippen molar-refractivity contribution in [2.24, 2.45) is 0 Å². The Kier molecular flexibility index (Phi) is 12.8. The molecule has 0 unspecified atom stereocenters. The number of tetrazole rings is 1. The third-order valence-corrected chi connectivity index (χ3v) is 9.82. The van der Waals surface area contributed by atoms with Gasteiger partial charge in [0.25, 0.3) is 5.82 Å². The van der Waals surface area contributed by atoms with Gasteiger partial charge in [-0.05, 0) is 52.6 Å². The van der Waals surface area contributed by atoms with Crippen LogP contribution in [0.25, 0.3) is 5.69 Å². The van der Waals surface area contributed by atoms with Crippen molar-refractivity contribution < 1.29 is 17.9 Å². The van der Waals surface area contributed by atoms with Gasteiger partial charge in [0.15, 0.2) is 0 Å². The Labute approximate surface area is 297 Å². The smallest absolute Gasteiger partial charge is 0.453 e. The minimum Gasteiger partial charge on any atom is -0.496 e. The molecule has 48 heavy (non-hydrogen) atoms. The summed E-state index contributed by atoms with van der Waals surface area (Å²) < 4.78 is 47.4. The van der Waals surface area contributed by atoms with Crippen LogP contribution >= 0.6 is 37.2 Å². The van der Waals surface area contributed by atoms with Crippen LogP contribution in [-0.2, 0) is 12.7 Å². The molecule has 1 saturated carbocycles. The van der Waals surface area contributed by atoms with Crippen molar-refractivity contribution in [3.05, 3.63) is 101 Å². The van der Waals surface area contributed by atoms with Gasteiger partial charge in [-0.15, -0.1) is 42.3 Å². The van der Waals surface area contributed by atoms with Crippen LogP contribution in [-0.4, -0.2) is 92.9 Å². The quantitative estimate of drug-likeness (QED) is 0.205. The summed E-state index contributed by atoms with van der Waals surface area (Å²) in [7, 11) is 1.59. The van der Waals surface area contributed by atoms with Gasteiger partial charge >= 0.3 is 6.18 Å². The van der Waals surface area contributed by atoms with Crippen molar-refractivity contribution in [1.82, 2.24) is 34.9 Å². The highest BCUT2D eigenvalue weighted by atomic mass is 35.5. The Hall–Kier alpha value is -2.93. The predicted molar refractivity (Wildman–Crippen MR) is 186 cm³/mol. The standard InChI is InChI=1S/C34H38F3N7O.3ClH/c1-45-31-16-15-28(44-33(34(35,36)37)38-39-40-44)19-26(31)20-41-21-29-22-42(27-13-8-14-27)17-18-43(29)30(23-41)32(24-9-4-2-5-10-24)25-11-6-3-7-12-25;;;/h2-7,9-12,15-16,19,27,29-30,32H,8,13-14,17-18,20-23H2,1H3;3*1H/t29-,30+;;;/m1.../s1. The number of alkyl halides is 3. The van der Waals surface area contributed by atoms with E-state index in [1.807, 2.05) is 0 Å². The van der Waals surface area contributed by atoms with Crippen molar-refractivity contribution in [2.75, 3.05) is 39.8 Å². The first kappa shape index (κ1) is 37.9. The van der Waals surface area contributed by atoms with Crippen LogP contribution < -0.4 is 4.74 Å². The number of ether oxygens (including phenoxy) is 1. The molecule has 3 aliphatic rings. The number of piperazine rings is 2. The highest BCUT2D eigenvalue weighted by molar-refractivity contribution is 5.86. The number of nitrogens with zero attached hydrogens (tertiary/aromatic N) is 7. The molecule has 0 N–H and O–H groups in total. The van der Waals surface area contributed by atoms with E-state index < -0.39 is 12.0 Å². The maximum Gasteiger partial charge on any atom is 0.453 e. The predicted octanol–water partition coefficient (Wildman–Crippen LogP) is 6.51. The molecular weight excluding hydrogens is 686 g/mol. The number of methoxy groups -OCH3 is 1. The molecule has 1 aliphatic carbocycles. The summed E-state index contributed by atoms with van der Waals surface area (Å²) >= 11 is 0. The molecule has 8 nitrogen and oxygen atoms in total. The van der Waals surface area contributed by atoms with Gasteiger partial charge in [-0.3, -0.25) is 14.7 Å². The fraction of sp³-hybridized carbons (Fsp3) is 0.441. The van der Waals surface area contributed by atoms with E-state index in [1.54, 1.807) is 25.3 Å². The molecule has 1 aromatic heterocycles. The van der Waals surface area contributed by atoms with Crippen LogP contribution in [0.15, 0.2) is 78.9 Å². The van der Waals surface area contributed by atoms with Crippen molar-refractivity contribution >= 4 is 37.2 Å². The summed E-state index contributed by atoms with van der Waals surface area (Å²) in [6.45, 7) is 5.32. The largest absolute Gasteiger partial charge is 0.496 e. The first-order valence-corrected chi connectivity index (χ1v) is 15.7. The lowest BCUT2D eigenvalue weighted by Crippen LogP contribution is -2.68. The molecule has 0 spiro atoms. The van der Waals surface area contributed by atoms with Gasteiger partial charge in [0.1, 0.15) is 5.75 Å². The van der Waals surface area contributed by atoms with E-state index in [2.05, 4.69) is 90.9 Å². The van der Waals surface area contributed by atoms with Crippen LogP contribution in [0, 0.1) is 0 Å². The lowest BCUT2D eigenvalue weighted by molar-refractivity contribution is -0.146. The summed E-state index contributed by atoms with van der Waals surface area (Å²) in [4.78, 5) is 7.88. The lowest BCUT2D eigenvalue weighted by Gasteiger charge is -2.55. The first-order chi connectivity index (χ1) is 21.9. The second-order valence-electron chi connectivity index (χ2n) is 12.4. The van der Waals surface area contributed by atoms with E-state index in [0.29, 0.717) is 24.4 Å². The minimum absolute atomic E-state index is 0. The average Bonchev–Trinajstić information content (AvgIpc) is 3.53. The monoisotopic (exact) mass is 725 g/mol. The first-order valence-electron chi connectivity index (χ1n) is 15.7. The van der Waals surface area contributed by atoms with Crippen LogP contribution in [0.5, 0.6) is 5.75 Å². The zero-order valence-corrected chi connectivity index (χ0v) is 29.0. The third-order valence-electron chi connectivity index (χ3n) is 9.82. The van der Waals surface area contributed by atoms with Crippen molar-refractivity contribution in [2.45, 2.75) is 56.0 Å². The molecule has 0 radical (unpaired) electrons. The molecule has 3 heterocycles. The zero-order chi connectivity index (χ0) is 31.0. The molecule has 0 amide bonds. The number of halogens is 6. The van der Waals surface area contributed by atoms with Gasteiger partial charge in [0, 0.05) is 68.9 Å². The summed E-state index contributed by atoms with van der Waals surface area (Å²) in [5, 5.41) is 10.2. The van der Waals surface area contributed by atoms with Crippen molar-refractivity contribution in [3.8, 4) is 11.4 Å². The van der Waals surface area contributed by atoms with Gasteiger partial charge in [-0.25, -0.2) is 0 Å². The molecule has 14 heteroatoms. The number of fused-ring (bicyclic) bond motifs is 1. The van der Waals surface area contributed by atoms with E-state index in [4.69, 9.17) is 4.74 Å². The molecule has 4 aromatic rings. The van der Waals surface area contributed by atoms with Crippen LogP contribution in [0.3, 0.4) is 0 Å². The highest BCUT2D eigenvalue weighted by Crippen LogP contribution is 2.38. The molecule has 2 atom stereocenters. The third kappa shape index (κ3) is 7.77. The van der Waals surface area contributed by atoms with E-state index in [1.165, 1.54) is 30.4 Å². The maximum absolute atomic E-state index is 13.7. The zero-order valence-electron chi connectivity index (χ0n) is 26.6. The lowest BCUT2D eigenvalue weighted by atomic mass is 9.81. The topological polar surface area (TPSA) is 62.6 Å². The van der Waals surface area contributed by atoms with Crippen molar-refractivity contribution in [1.29, 1.82) is 0 Å². The molecule has 3 fully saturated rings. The number of hydrogen-bond donors (Lipinski definition) is 0. The Balaban J connectivity index is 0.00000173. The minimum atomic E-state index is -4.68. The average molecular weight is 727 g/mol. The second kappa shape index (κ2) is 16.2. The molecule has 2 aliphatic heterocycles. The molecule has 7 rings (SSSR count). The summed E-state index contributed by atoms with van der Waals surface area (Å²) in [6.07, 6.45) is -0.818. The van der Waals surface area contributed by atoms with E-state index in [-0.39, 0.29) is 54.9 Å². The van der Waals surface area contributed by atoms with Gasteiger partial charge in [0.05, 0.1) is 12.8 Å². The van der Waals surface area contributed by atoms with Crippen LogP contribution in [0.2, 0.25) is 0 Å². The number of hydrogen-bond acceptors (Lipinski definition) is 7. The van der Waals surface area contributed by atoms with Crippen LogP contribution in [0.4, 0.5) is 13.2 Å². The fourth-order valence-electron chi connectivity index (χ4n) is 7.50. The maximum atomic E-state index is 13.7. The fourth-order valence-corrected chi connectivity index (χ4v) is 7.50. The highest BCUT2D eigenvalue weighted by Gasteiger charge is 2.44. The SMILES string of the molecule is COc1ccc(-n2nnnc2C(F)(F)F)cc1CN1C[C@@H]2CN(C3CCC3)CCN2[C@H](C(c2ccccc2)c2ccccc2)C1.Cl.Cl.Cl. The summed E-state index contributed by atoms with van der Waals surface area (Å²) in [6, 6.07) is 27.7. The van der Waals surface area contributed by atoms with Gasteiger partial charge < -0.3 is 4.74 Å². The summed E-state index contributed by atoms with van der Waals surface area (Å²) in [5.41, 5.74) is 3.62. The second-order valence-corrected chi connectivity index (χ2v) is 12.4. The van der Waals surface area contributed by atoms with Gasteiger partial charge in [-0.1, -0.05) is 67.1 Å². The van der Waals surface area contributed by atoms with Crippen molar-refractivity contribution in [3.63, 3.8) is 0 Å². The normalized spacial score (nSPS) is 20.5. The van der Waals surface area contributed by atoms with E-state index >= 15 is 0 Å². The Morgan fingerprint density at radius 3 is 2.08 bits per heavy atom. The van der Waals surface area contributed by atoms with Crippen LogP contribution in [0.1, 0.15) is 47.7 Å².